The summed E-state index contributed by atoms with van der Waals surface area (Å²) in [5.74, 6) is 0.595. The molecule has 1 aromatic rings. The quantitative estimate of drug-likeness (QED) is 0.752. The maximum atomic E-state index is 12.9. The zero-order chi connectivity index (χ0) is 15.2. The molecule has 1 amide bonds. The average Bonchev–Trinajstić information content (AvgIpc) is 3.01. The van der Waals surface area contributed by atoms with E-state index < -0.39 is 0 Å². The molecule has 4 heteroatoms. The smallest absolute Gasteiger partial charge is 0.254 e. The van der Waals surface area contributed by atoms with Crippen molar-refractivity contribution in [2.75, 3.05) is 27.2 Å². The molecule has 0 aromatic heterocycles. The molecule has 1 fully saturated rings. The normalized spacial score (nSPS) is 15.6. The Labute approximate surface area is 132 Å². The van der Waals surface area contributed by atoms with Crippen LogP contribution in [0.15, 0.2) is 24.3 Å². The van der Waals surface area contributed by atoms with E-state index in [4.69, 9.17) is 11.6 Å². The highest BCUT2D eigenvalue weighted by molar-refractivity contribution is 6.17. The average molecular weight is 309 g/mol. The van der Waals surface area contributed by atoms with Gasteiger partial charge in [0, 0.05) is 30.6 Å². The Morgan fingerprint density at radius 1 is 1.24 bits per heavy atom. The molecule has 0 N–H and O–H groups in total. The Morgan fingerprint density at radius 3 is 2.57 bits per heavy atom. The first-order valence-corrected chi connectivity index (χ1v) is 8.26. The van der Waals surface area contributed by atoms with Crippen LogP contribution >= 0.6 is 11.6 Å². The molecule has 116 valence electrons. The van der Waals surface area contributed by atoms with Crippen LogP contribution in [0.1, 0.15) is 41.6 Å². The number of hydrogen-bond donors (Lipinski definition) is 0. The molecule has 21 heavy (non-hydrogen) atoms. The predicted octanol–water partition coefficient (Wildman–Crippen LogP) is 3.37. The summed E-state index contributed by atoms with van der Waals surface area (Å²) in [7, 11) is 4.09. The van der Waals surface area contributed by atoms with Crippen molar-refractivity contribution >= 4 is 17.5 Å². The third kappa shape index (κ3) is 4.45. The highest BCUT2D eigenvalue weighted by Gasteiger charge is 2.27. The summed E-state index contributed by atoms with van der Waals surface area (Å²) in [4.78, 5) is 17.1. The van der Waals surface area contributed by atoms with E-state index in [0.717, 1.165) is 37.1 Å². The fraction of sp³-hybridized carbons (Fsp3) is 0.588. The molecule has 2 rings (SSSR count). The van der Waals surface area contributed by atoms with Gasteiger partial charge in [0.05, 0.1) is 0 Å². The van der Waals surface area contributed by atoms with E-state index in [0.29, 0.717) is 11.9 Å². The van der Waals surface area contributed by atoms with E-state index >= 15 is 0 Å². The zero-order valence-corrected chi connectivity index (χ0v) is 13.8. The van der Waals surface area contributed by atoms with Gasteiger partial charge in [0.2, 0.25) is 0 Å². The summed E-state index contributed by atoms with van der Waals surface area (Å²) in [6.45, 7) is 1.69. The van der Waals surface area contributed by atoms with Crippen molar-refractivity contribution in [2.45, 2.75) is 37.6 Å². The zero-order valence-electron chi connectivity index (χ0n) is 13.0. The van der Waals surface area contributed by atoms with Gasteiger partial charge < -0.3 is 9.80 Å². The molecule has 0 heterocycles. The fourth-order valence-electron chi connectivity index (χ4n) is 2.93. The fourth-order valence-corrected chi connectivity index (χ4v) is 3.09. The van der Waals surface area contributed by atoms with Gasteiger partial charge in [-0.05, 0) is 44.6 Å². The number of benzene rings is 1. The third-order valence-corrected chi connectivity index (χ3v) is 4.45. The minimum atomic E-state index is 0.149. The van der Waals surface area contributed by atoms with Crippen LogP contribution in [0.4, 0.5) is 0 Å². The maximum absolute atomic E-state index is 12.9. The van der Waals surface area contributed by atoms with Crippen LogP contribution in [0.5, 0.6) is 0 Å². The molecule has 0 bridgehead atoms. The Balaban J connectivity index is 2.15. The molecule has 0 saturated heterocycles. The molecule has 1 saturated carbocycles. The highest BCUT2D eigenvalue weighted by atomic mass is 35.5. The number of rotatable bonds is 6. The van der Waals surface area contributed by atoms with E-state index in [9.17, 15) is 4.79 Å². The predicted molar refractivity (Wildman–Crippen MR) is 87.8 cm³/mol. The van der Waals surface area contributed by atoms with Crippen LogP contribution in [-0.4, -0.2) is 48.9 Å². The van der Waals surface area contributed by atoms with E-state index in [1.54, 1.807) is 0 Å². The highest BCUT2D eigenvalue weighted by Crippen LogP contribution is 2.25. The topological polar surface area (TPSA) is 23.6 Å². The van der Waals surface area contributed by atoms with Crippen LogP contribution in [0.25, 0.3) is 0 Å². The summed E-state index contributed by atoms with van der Waals surface area (Å²) >= 11 is 5.88. The van der Waals surface area contributed by atoms with Gasteiger partial charge in [-0.1, -0.05) is 25.0 Å². The van der Waals surface area contributed by atoms with Crippen molar-refractivity contribution in [1.29, 1.82) is 0 Å². The molecular weight excluding hydrogens is 284 g/mol. The van der Waals surface area contributed by atoms with Crippen LogP contribution in [0.3, 0.4) is 0 Å². The lowest BCUT2D eigenvalue weighted by atomic mass is 10.1. The first kappa shape index (κ1) is 16.3. The van der Waals surface area contributed by atoms with Gasteiger partial charge in [0.25, 0.3) is 5.91 Å². The second kappa shape index (κ2) is 7.81. The lowest BCUT2D eigenvalue weighted by Gasteiger charge is -2.30. The number of hydrogen-bond acceptors (Lipinski definition) is 2. The number of halogens is 1. The molecular formula is C17H25ClN2O. The maximum Gasteiger partial charge on any atom is 0.254 e. The van der Waals surface area contributed by atoms with Crippen LogP contribution in [0.2, 0.25) is 0 Å². The SMILES string of the molecule is CN(C)CCN(C(=O)c1cccc(CCl)c1)C1CCCC1. The standard InChI is InChI=1S/C17H25ClN2O/c1-19(2)10-11-20(16-8-3-4-9-16)17(21)15-7-5-6-14(12-15)13-18/h5-7,12,16H,3-4,8-11,13H2,1-2H3. The molecule has 1 aromatic carbocycles. The van der Waals surface area contributed by atoms with Gasteiger partial charge in [-0.15, -0.1) is 11.6 Å². The summed E-state index contributed by atoms with van der Waals surface area (Å²) in [5, 5.41) is 0. The van der Waals surface area contributed by atoms with E-state index in [-0.39, 0.29) is 5.91 Å². The molecule has 3 nitrogen and oxygen atoms in total. The molecule has 1 aliphatic carbocycles. The van der Waals surface area contributed by atoms with E-state index in [1.165, 1.54) is 12.8 Å². The van der Waals surface area contributed by atoms with Gasteiger partial charge in [0.1, 0.15) is 0 Å². The minimum absolute atomic E-state index is 0.149. The van der Waals surface area contributed by atoms with E-state index in [2.05, 4.69) is 9.80 Å². The summed E-state index contributed by atoms with van der Waals surface area (Å²) < 4.78 is 0. The molecule has 0 atom stereocenters. The first-order valence-electron chi connectivity index (χ1n) is 7.72. The number of nitrogens with zero attached hydrogens (tertiary/aromatic N) is 2. The van der Waals surface area contributed by atoms with Crippen molar-refractivity contribution in [3.63, 3.8) is 0 Å². The van der Waals surface area contributed by atoms with Gasteiger partial charge in [0.15, 0.2) is 0 Å². The minimum Gasteiger partial charge on any atom is -0.334 e. The summed E-state index contributed by atoms with van der Waals surface area (Å²) in [6.07, 6.45) is 4.74. The molecule has 0 spiro atoms. The first-order chi connectivity index (χ1) is 10.1. The van der Waals surface area contributed by atoms with Crippen molar-refractivity contribution in [3.05, 3.63) is 35.4 Å². The molecule has 0 radical (unpaired) electrons. The molecule has 0 aliphatic heterocycles. The van der Waals surface area contributed by atoms with Gasteiger partial charge >= 0.3 is 0 Å². The van der Waals surface area contributed by atoms with Gasteiger partial charge in [-0.3, -0.25) is 4.79 Å². The van der Waals surface area contributed by atoms with Crippen molar-refractivity contribution in [2.24, 2.45) is 0 Å². The number of amides is 1. The van der Waals surface area contributed by atoms with Crippen LogP contribution in [0, 0.1) is 0 Å². The van der Waals surface area contributed by atoms with Gasteiger partial charge in [-0.25, -0.2) is 0 Å². The van der Waals surface area contributed by atoms with Gasteiger partial charge in [-0.2, -0.15) is 0 Å². The summed E-state index contributed by atoms with van der Waals surface area (Å²) in [5.41, 5.74) is 1.76. The lowest BCUT2D eigenvalue weighted by molar-refractivity contribution is 0.0667. The number of carbonyl (C=O) groups excluding carboxylic acids is 1. The number of carbonyl (C=O) groups is 1. The van der Waals surface area contributed by atoms with Crippen molar-refractivity contribution in [1.82, 2.24) is 9.80 Å². The third-order valence-electron chi connectivity index (χ3n) is 4.14. The van der Waals surface area contributed by atoms with Crippen molar-refractivity contribution < 1.29 is 4.79 Å². The Bertz CT molecular complexity index is 470. The second-order valence-electron chi connectivity index (χ2n) is 6.07. The largest absolute Gasteiger partial charge is 0.334 e. The molecule has 1 aliphatic rings. The van der Waals surface area contributed by atoms with Crippen LogP contribution < -0.4 is 0 Å². The summed E-state index contributed by atoms with van der Waals surface area (Å²) in [6, 6.07) is 8.10. The number of likely N-dealkylation sites (N-methyl/N-ethyl adjacent to an activating group) is 1. The monoisotopic (exact) mass is 308 g/mol. The Hall–Kier alpha value is -1.06. The number of alkyl halides is 1. The van der Waals surface area contributed by atoms with Crippen molar-refractivity contribution in [3.8, 4) is 0 Å². The lowest BCUT2D eigenvalue weighted by Crippen LogP contribution is -2.42. The molecule has 0 unspecified atom stereocenters. The Morgan fingerprint density at radius 2 is 1.95 bits per heavy atom. The van der Waals surface area contributed by atoms with Crippen LogP contribution in [-0.2, 0) is 5.88 Å². The Kier molecular flexibility index (Phi) is 6.07. The van der Waals surface area contributed by atoms with E-state index in [1.807, 2.05) is 38.4 Å². The second-order valence-corrected chi connectivity index (χ2v) is 6.34.